The van der Waals surface area contributed by atoms with E-state index in [4.69, 9.17) is 16.3 Å². The van der Waals surface area contributed by atoms with Gasteiger partial charge in [0.05, 0.1) is 12.2 Å². The van der Waals surface area contributed by atoms with Gasteiger partial charge in [0.2, 0.25) is 0 Å². The summed E-state index contributed by atoms with van der Waals surface area (Å²) in [7, 11) is 0. The third kappa shape index (κ3) is 2.28. The molecule has 1 aromatic carbocycles. The Labute approximate surface area is 106 Å². The number of morpholine rings is 1. The van der Waals surface area contributed by atoms with Gasteiger partial charge in [-0.2, -0.15) is 0 Å². The first-order valence-corrected chi connectivity index (χ1v) is 6.44. The summed E-state index contributed by atoms with van der Waals surface area (Å²) in [6.07, 6.45) is 3.07. The second-order valence-corrected chi connectivity index (χ2v) is 5.30. The van der Waals surface area contributed by atoms with E-state index in [1.54, 1.807) is 12.1 Å². The zero-order chi connectivity index (χ0) is 11.8. The lowest BCUT2D eigenvalue weighted by molar-refractivity contribution is -0.0412. The number of phenolic OH excluding ortho intramolecular Hbond substituents is 1. The van der Waals surface area contributed by atoms with Crippen molar-refractivity contribution in [3.05, 3.63) is 28.8 Å². The number of likely N-dealkylation sites (tertiary alicyclic amines) is 1. The monoisotopic (exact) mass is 253 g/mol. The highest BCUT2D eigenvalue weighted by Crippen LogP contribution is 2.31. The summed E-state index contributed by atoms with van der Waals surface area (Å²) in [6, 6.07) is 5.28. The topological polar surface area (TPSA) is 32.7 Å². The van der Waals surface area contributed by atoms with Crippen molar-refractivity contribution in [1.82, 2.24) is 4.90 Å². The molecule has 3 nitrogen and oxygen atoms in total. The van der Waals surface area contributed by atoms with Crippen LogP contribution in [0.15, 0.2) is 18.2 Å². The van der Waals surface area contributed by atoms with E-state index in [9.17, 15) is 5.11 Å². The number of hydrogen-bond acceptors (Lipinski definition) is 3. The first-order valence-electron chi connectivity index (χ1n) is 6.06. The molecule has 0 spiro atoms. The van der Waals surface area contributed by atoms with Gasteiger partial charge < -0.3 is 9.84 Å². The Morgan fingerprint density at radius 3 is 2.65 bits per heavy atom. The average Bonchev–Trinajstić information content (AvgIpc) is 2.64. The Bertz CT molecular complexity index is 392. The van der Waals surface area contributed by atoms with Crippen LogP contribution in [0.2, 0.25) is 5.02 Å². The van der Waals surface area contributed by atoms with Crippen LogP contribution in [0.1, 0.15) is 18.4 Å². The molecule has 2 bridgehead atoms. The van der Waals surface area contributed by atoms with Gasteiger partial charge in [-0.05, 0) is 25.0 Å². The van der Waals surface area contributed by atoms with Crippen LogP contribution in [-0.2, 0) is 11.3 Å². The molecule has 2 fully saturated rings. The third-order valence-corrected chi connectivity index (χ3v) is 3.95. The van der Waals surface area contributed by atoms with E-state index in [0.29, 0.717) is 23.8 Å². The molecule has 1 N–H and O–H groups in total. The second-order valence-electron chi connectivity index (χ2n) is 4.89. The fourth-order valence-electron chi connectivity index (χ4n) is 2.76. The molecular weight excluding hydrogens is 238 g/mol. The van der Waals surface area contributed by atoms with Crippen molar-refractivity contribution < 1.29 is 9.84 Å². The van der Waals surface area contributed by atoms with Crippen LogP contribution in [0.5, 0.6) is 5.75 Å². The molecule has 0 amide bonds. The molecule has 2 atom stereocenters. The van der Waals surface area contributed by atoms with Gasteiger partial charge in [0.15, 0.2) is 0 Å². The van der Waals surface area contributed by atoms with Crippen LogP contribution < -0.4 is 0 Å². The van der Waals surface area contributed by atoms with Crippen LogP contribution in [0.4, 0.5) is 0 Å². The predicted octanol–water partition coefficient (Wildman–Crippen LogP) is 2.41. The van der Waals surface area contributed by atoms with Gasteiger partial charge in [0, 0.05) is 30.2 Å². The number of benzene rings is 1. The smallest absolute Gasteiger partial charge is 0.121 e. The molecule has 17 heavy (non-hydrogen) atoms. The van der Waals surface area contributed by atoms with E-state index in [0.717, 1.165) is 31.5 Å². The van der Waals surface area contributed by atoms with Crippen LogP contribution in [0.3, 0.4) is 0 Å². The summed E-state index contributed by atoms with van der Waals surface area (Å²) < 4.78 is 5.79. The van der Waals surface area contributed by atoms with Gasteiger partial charge in [-0.15, -0.1) is 0 Å². The molecule has 4 heteroatoms. The van der Waals surface area contributed by atoms with Gasteiger partial charge in [0.25, 0.3) is 0 Å². The minimum absolute atomic E-state index is 0.288. The molecule has 2 aliphatic heterocycles. The second kappa shape index (κ2) is 4.48. The Hall–Kier alpha value is -0.770. The van der Waals surface area contributed by atoms with Crippen LogP contribution >= 0.6 is 11.6 Å². The van der Waals surface area contributed by atoms with E-state index < -0.39 is 0 Å². The summed E-state index contributed by atoms with van der Waals surface area (Å²) in [5.41, 5.74) is 0.829. The fraction of sp³-hybridized carbons (Fsp3) is 0.538. The molecule has 2 heterocycles. The summed E-state index contributed by atoms with van der Waals surface area (Å²) in [4.78, 5) is 2.33. The molecule has 0 radical (unpaired) electrons. The summed E-state index contributed by atoms with van der Waals surface area (Å²) in [6.45, 7) is 2.60. The van der Waals surface area contributed by atoms with E-state index in [1.807, 2.05) is 6.07 Å². The first kappa shape index (κ1) is 11.3. The van der Waals surface area contributed by atoms with Crippen LogP contribution in [0.25, 0.3) is 0 Å². The number of phenols is 1. The Balaban J connectivity index is 1.74. The number of ether oxygens (including phenoxy) is 1. The SMILES string of the molecule is Oc1cccc(Cl)c1CN1CC2CCC(C1)O2. The standard InChI is InChI=1S/C13H16ClNO2/c14-12-2-1-3-13(16)11(12)8-15-6-9-4-5-10(7-15)17-9/h1-3,9-10,16H,4-8H2. The maximum Gasteiger partial charge on any atom is 0.121 e. The molecule has 2 aliphatic rings. The van der Waals surface area contributed by atoms with Gasteiger partial charge in [0.1, 0.15) is 5.75 Å². The largest absolute Gasteiger partial charge is 0.508 e. The maximum atomic E-state index is 9.83. The number of hydrogen-bond donors (Lipinski definition) is 1. The van der Waals surface area contributed by atoms with Crippen molar-refractivity contribution in [2.24, 2.45) is 0 Å². The minimum atomic E-state index is 0.288. The lowest BCUT2D eigenvalue weighted by atomic mass is 10.1. The molecule has 1 aromatic rings. The molecule has 2 unspecified atom stereocenters. The summed E-state index contributed by atoms with van der Waals surface area (Å²) >= 11 is 6.12. The number of nitrogens with zero attached hydrogens (tertiary/aromatic N) is 1. The van der Waals surface area contributed by atoms with E-state index >= 15 is 0 Å². The van der Waals surface area contributed by atoms with Gasteiger partial charge in [-0.25, -0.2) is 0 Å². The molecule has 3 rings (SSSR count). The van der Waals surface area contributed by atoms with Crippen molar-refractivity contribution in [3.63, 3.8) is 0 Å². The summed E-state index contributed by atoms with van der Waals surface area (Å²) in [5.74, 6) is 0.288. The molecule has 0 aliphatic carbocycles. The highest BCUT2D eigenvalue weighted by atomic mass is 35.5. The van der Waals surface area contributed by atoms with E-state index in [2.05, 4.69) is 4.90 Å². The molecular formula is C13H16ClNO2. The van der Waals surface area contributed by atoms with E-state index in [-0.39, 0.29) is 5.75 Å². The Kier molecular flexibility index (Phi) is 2.99. The zero-order valence-electron chi connectivity index (χ0n) is 9.60. The van der Waals surface area contributed by atoms with Crippen molar-refractivity contribution in [2.75, 3.05) is 13.1 Å². The predicted molar refractivity (Wildman–Crippen MR) is 66.3 cm³/mol. The van der Waals surface area contributed by atoms with Gasteiger partial charge in [-0.1, -0.05) is 17.7 Å². The van der Waals surface area contributed by atoms with E-state index in [1.165, 1.54) is 0 Å². The fourth-order valence-corrected chi connectivity index (χ4v) is 2.98. The highest BCUT2D eigenvalue weighted by Gasteiger charge is 2.33. The lowest BCUT2D eigenvalue weighted by Crippen LogP contribution is -2.42. The lowest BCUT2D eigenvalue weighted by Gasteiger charge is -2.32. The number of rotatable bonds is 2. The molecule has 2 saturated heterocycles. The van der Waals surface area contributed by atoms with Crippen LogP contribution in [0, 0.1) is 0 Å². The number of halogens is 1. The van der Waals surface area contributed by atoms with Crippen molar-refractivity contribution in [2.45, 2.75) is 31.6 Å². The van der Waals surface area contributed by atoms with Crippen molar-refractivity contribution >= 4 is 11.6 Å². The molecule has 0 saturated carbocycles. The number of fused-ring (bicyclic) bond motifs is 2. The maximum absolute atomic E-state index is 9.83. The molecule has 0 aromatic heterocycles. The Morgan fingerprint density at radius 1 is 1.29 bits per heavy atom. The third-order valence-electron chi connectivity index (χ3n) is 3.60. The van der Waals surface area contributed by atoms with Gasteiger partial charge >= 0.3 is 0 Å². The highest BCUT2D eigenvalue weighted by molar-refractivity contribution is 6.31. The van der Waals surface area contributed by atoms with Crippen molar-refractivity contribution in [3.8, 4) is 5.75 Å². The Morgan fingerprint density at radius 2 is 2.00 bits per heavy atom. The number of aromatic hydroxyl groups is 1. The summed E-state index contributed by atoms with van der Waals surface area (Å²) in [5, 5.41) is 10.5. The first-order chi connectivity index (χ1) is 8.22. The van der Waals surface area contributed by atoms with Crippen LogP contribution in [-0.4, -0.2) is 35.3 Å². The quantitative estimate of drug-likeness (QED) is 0.879. The molecule has 92 valence electrons. The minimum Gasteiger partial charge on any atom is -0.508 e. The zero-order valence-corrected chi connectivity index (χ0v) is 10.4. The van der Waals surface area contributed by atoms with Gasteiger partial charge in [-0.3, -0.25) is 4.90 Å². The average molecular weight is 254 g/mol. The normalized spacial score (nSPS) is 28.5. The van der Waals surface area contributed by atoms with Crippen molar-refractivity contribution in [1.29, 1.82) is 0 Å².